The molecule has 1 aliphatic rings. The Morgan fingerprint density at radius 2 is 1.96 bits per heavy atom. The minimum absolute atomic E-state index is 0.123. The lowest BCUT2D eigenvalue weighted by Gasteiger charge is -2.33. The van der Waals surface area contributed by atoms with E-state index in [2.05, 4.69) is 15.2 Å². The highest BCUT2D eigenvalue weighted by molar-refractivity contribution is 5.74. The summed E-state index contributed by atoms with van der Waals surface area (Å²) in [5.74, 6) is 1.88. The molecule has 24 heavy (non-hydrogen) atoms. The minimum Gasteiger partial charge on any atom is -0.465 e. The molecule has 1 atom stereocenters. The second-order valence-corrected chi connectivity index (χ2v) is 5.98. The van der Waals surface area contributed by atoms with E-state index in [1.54, 1.807) is 0 Å². The van der Waals surface area contributed by atoms with Crippen LogP contribution in [0.1, 0.15) is 17.6 Å². The van der Waals surface area contributed by atoms with Gasteiger partial charge in [-0.05, 0) is 31.2 Å². The Kier molecular flexibility index (Phi) is 4.23. The first-order valence-electron chi connectivity index (χ1n) is 8.27. The van der Waals surface area contributed by atoms with Crippen LogP contribution in [0.2, 0.25) is 0 Å². The number of aryl methyl sites for hydroxylation is 1. The molecule has 0 radical (unpaired) electrons. The first kappa shape index (κ1) is 15.2. The molecule has 1 aliphatic heterocycles. The van der Waals surface area contributed by atoms with Crippen LogP contribution in [0.15, 0.2) is 45.2 Å². The molecule has 0 amide bonds. The third kappa shape index (κ3) is 3.16. The number of hydrogen-bond acceptors (Lipinski definition) is 6. The van der Waals surface area contributed by atoms with Crippen LogP contribution in [0, 0.1) is 6.92 Å². The van der Waals surface area contributed by atoms with Crippen molar-refractivity contribution in [2.75, 3.05) is 38.2 Å². The SMILES string of the molecule is Cc1ccc(C(CNc2nc3ccccc3o2)N2CCOCC2)o1. The first-order valence-corrected chi connectivity index (χ1v) is 8.27. The fourth-order valence-electron chi connectivity index (χ4n) is 3.06. The lowest BCUT2D eigenvalue weighted by atomic mass is 10.1. The normalized spacial score (nSPS) is 17.2. The zero-order valence-electron chi connectivity index (χ0n) is 13.7. The molecule has 0 aliphatic carbocycles. The third-order valence-electron chi connectivity index (χ3n) is 4.32. The molecule has 0 bridgehead atoms. The van der Waals surface area contributed by atoms with Gasteiger partial charge in [-0.2, -0.15) is 4.98 Å². The van der Waals surface area contributed by atoms with Crippen LogP contribution in [0.3, 0.4) is 0 Å². The quantitative estimate of drug-likeness (QED) is 0.776. The summed E-state index contributed by atoms with van der Waals surface area (Å²) < 4.78 is 17.1. The number of anilines is 1. The summed E-state index contributed by atoms with van der Waals surface area (Å²) in [6.07, 6.45) is 0. The van der Waals surface area contributed by atoms with E-state index >= 15 is 0 Å². The van der Waals surface area contributed by atoms with Gasteiger partial charge in [0.05, 0.1) is 19.3 Å². The molecule has 6 nitrogen and oxygen atoms in total. The van der Waals surface area contributed by atoms with Crippen molar-refractivity contribution < 1.29 is 13.6 Å². The van der Waals surface area contributed by atoms with Gasteiger partial charge in [0.1, 0.15) is 17.0 Å². The zero-order chi connectivity index (χ0) is 16.4. The van der Waals surface area contributed by atoms with Gasteiger partial charge < -0.3 is 18.9 Å². The van der Waals surface area contributed by atoms with Crippen molar-refractivity contribution in [3.63, 3.8) is 0 Å². The summed E-state index contributed by atoms with van der Waals surface area (Å²) in [5, 5.41) is 3.32. The first-order chi connectivity index (χ1) is 11.8. The summed E-state index contributed by atoms with van der Waals surface area (Å²) in [5.41, 5.74) is 1.65. The molecule has 6 heteroatoms. The summed E-state index contributed by atoms with van der Waals surface area (Å²) in [6, 6.07) is 12.5. The number of furan rings is 1. The van der Waals surface area contributed by atoms with Crippen molar-refractivity contribution in [3.8, 4) is 0 Å². The molecule has 0 spiro atoms. The van der Waals surface area contributed by atoms with E-state index in [0.29, 0.717) is 12.6 Å². The molecule has 1 saturated heterocycles. The number of aromatic nitrogens is 1. The van der Waals surface area contributed by atoms with Crippen molar-refractivity contribution in [1.82, 2.24) is 9.88 Å². The van der Waals surface area contributed by atoms with E-state index in [1.807, 2.05) is 43.3 Å². The van der Waals surface area contributed by atoms with Gasteiger partial charge in [0.15, 0.2) is 5.58 Å². The van der Waals surface area contributed by atoms with Gasteiger partial charge in [0, 0.05) is 19.6 Å². The second kappa shape index (κ2) is 6.67. The van der Waals surface area contributed by atoms with Gasteiger partial charge in [-0.25, -0.2) is 0 Å². The summed E-state index contributed by atoms with van der Waals surface area (Å²) in [7, 11) is 0. The molecular formula is C18H21N3O3. The van der Waals surface area contributed by atoms with Gasteiger partial charge in [0.2, 0.25) is 0 Å². The van der Waals surface area contributed by atoms with E-state index in [1.165, 1.54) is 0 Å². The third-order valence-corrected chi connectivity index (χ3v) is 4.32. The molecular weight excluding hydrogens is 306 g/mol. The Bertz CT molecular complexity index is 772. The van der Waals surface area contributed by atoms with Crippen LogP contribution in [-0.4, -0.2) is 42.7 Å². The number of para-hydroxylation sites is 2. The van der Waals surface area contributed by atoms with Crippen LogP contribution in [0.5, 0.6) is 0 Å². The maximum absolute atomic E-state index is 5.87. The number of nitrogens with one attached hydrogen (secondary N) is 1. The molecule has 1 fully saturated rings. The number of morpholine rings is 1. The molecule has 1 aromatic carbocycles. The van der Waals surface area contributed by atoms with Crippen LogP contribution >= 0.6 is 0 Å². The van der Waals surface area contributed by atoms with Gasteiger partial charge in [-0.15, -0.1) is 0 Å². The minimum atomic E-state index is 0.123. The van der Waals surface area contributed by atoms with E-state index < -0.39 is 0 Å². The molecule has 1 unspecified atom stereocenters. The van der Waals surface area contributed by atoms with Gasteiger partial charge in [0.25, 0.3) is 6.01 Å². The van der Waals surface area contributed by atoms with E-state index in [9.17, 15) is 0 Å². The highest BCUT2D eigenvalue weighted by atomic mass is 16.5. The van der Waals surface area contributed by atoms with Crippen LogP contribution in [0.4, 0.5) is 6.01 Å². The topological polar surface area (TPSA) is 63.7 Å². The smallest absolute Gasteiger partial charge is 0.295 e. The van der Waals surface area contributed by atoms with Crippen molar-refractivity contribution in [1.29, 1.82) is 0 Å². The standard InChI is InChI=1S/C18H21N3O3/c1-13-6-7-17(23-13)15(21-8-10-22-11-9-21)12-19-18-20-14-4-2-3-5-16(14)24-18/h2-7,15H,8-12H2,1H3,(H,19,20). The van der Waals surface area contributed by atoms with Crippen molar-refractivity contribution in [3.05, 3.63) is 47.9 Å². The Morgan fingerprint density at radius 3 is 2.71 bits per heavy atom. The monoisotopic (exact) mass is 327 g/mol. The van der Waals surface area contributed by atoms with Gasteiger partial charge >= 0.3 is 0 Å². The van der Waals surface area contributed by atoms with Crippen LogP contribution < -0.4 is 5.32 Å². The van der Waals surface area contributed by atoms with Crippen LogP contribution in [0.25, 0.3) is 11.1 Å². The molecule has 3 aromatic rings. The van der Waals surface area contributed by atoms with E-state index in [4.69, 9.17) is 13.6 Å². The highest BCUT2D eigenvalue weighted by Gasteiger charge is 2.25. The summed E-state index contributed by atoms with van der Waals surface area (Å²) >= 11 is 0. The molecule has 1 N–H and O–H groups in total. The molecule has 4 rings (SSSR count). The largest absolute Gasteiger partial charge is 0.465 e. The Balaban J connectivity index is 1.52. The van der Waals surface area contributed by atoms with Crippen molar-refractivity contribution in [2.24, 2.45) is 0 Å². The maximum Gasteiger partial charge on any atom is 0.295 e. The number of ether oxygens (including phenoxy) is 1. The second-order valence-electron chi connectivity index (χ2n) is 5.98. The molecule has 126 valence electrons. The summed E-state index contributed by atoms with van der Waals surface area (Å²) in [6.45, 7) is 5.91. The van der Waals surface area contributed by atoms with Crippen molar-refractivity contribution in [2.45, 2.75) is 13.0 Å². The average molecular weight is 327 g/mol. The molecule has 3 heterocycles. The predicted octanol–water partition coefficient (Wildman–Crippen LogP) is 3.21. The van der Waals surface area contributed by atoms with Gasteiger partial charge in [-0.1, -0.05) is 12.1 Å². The number of oxazole rings is 1. The van der Waals surface area contributed by atoms with Gasteiger partial charge in [-0.3, -0.25) is 4.90 Å². The molecule has 0 saturated carbocycles. The predicted molar refractivity (Wildman–Crippen MR) is 91.1 cm³/mol. The fraction of sp³-hybridized carbons (Fsp3) is 0.389. The number of fused-ring (bicyclic) bond motifs is 1. The number of rotatable bonds is 5. The van der Waals surface area contributed by atoms with E-state index in [0.717, 1.165) is 48.9 Å². The van der Waals surface area contributed by atoms with Crippen molar-refractivity contribution >= 4 is 17.1 Å². The Morgan fingerprint density at radius 1 is 1.12 bits per heavy atom. The Hall–Kier alpha value is -2.31. The maximum atomic E-state index is 5.87. The number of hydrogen-bond donors (Lipinski definition) is 1. The lowest BCUT2D eigenvalue weighted by molar-refractivity contribution is 0.0142. The molecule has 2 aromatic heterocycles. The average Bonchev–Trinajstić information content (AvgIpc) is 3.22. The fourth-order valence-corrected chi connectivity index (χ4v) is 3.06. The zero-order valence-corrected chi connectivity index (χ0v) is 13.7. The highest BCUT2D eigenvalue weighted by Crippen LogP contribution is 2.25. The number of benzene rings is 1. The van der Waals surface area contributed by atoms with Crippen LogP contribution in [-0.2, 0) is 4.74 Å². The Labute approximate surface area is 140 Å². The summed E-state index contributed by atoms with van der Waals surface area (Å²) in [4.78, 5) is 6.85. The lowest BCUT2D eigenvalue weighted by Crippen LogP contribution is -2.41. The van der Waals surface area contributed by atoms with E-state index in [-0.39, 0.29) is 6.04 Å². The number of nitrogens with zero attached hydrogens (tertiary/aromatic N) is 2.